The van der Waals surface area contributed by atoms with Crippen molar-refractivity contribution in [2.75, 3.05) is 18.4 Å². The number of rotatable bonds is 6. The van der Waals surface area contributed by atoms with E-state index in [4.69, 9.17) is 5.26 Å². The van der Waals surface area contributed by atoms with Crippen molar-refractivity contribution in [3.63, 3.8) is 0 Å². The fraction of sp³-hybridized carbons (Fsp3) is 0.400. The highest BCUT2D eigenvalue weighted by molar-refractivity contribution is 7.89. The molecule has 1 aromatic carbocycles. The molecule has 7 heteroatoms. The van der Waals surface area contributed by atoms with Gasteiger partial charge in [0.1, 0.15) is 11.9 Å². The molecule has 27 heavy (non-hydrogen) atoms. The number of nitrogens with one attached hydrogen (secondary N) is 2. The Bertz CT molecular complexity index is 947. The van der Waals surface area contributed by atoms with Gasteiger partial charge < -0.3 is 5.32 Å². The third kappa shape index (κ3) is 5.06. The summed E-state index contributed by atoms with van der Waals surface area (Å²) in [6, 6.07) is 9.26. The van der Waals surface area contributed by atoms with Crippen molar-refractivity contribution in [3.05, 3.63) is 52.7 Å². The molecule has 144 valence electrons. The summed E-state index contributed by atoms with van der Waals surface area (Å²) in [6.07, 6.45) is 1.58. The van der Waals surface area contributed by atoms with Crippen LogP contribution in [0.2, 0.25) is 0 Å². The quantitative estimate of drug-likeness (QED) is 0.743. The SMILES string of the molecule is Cc1cc(C(C)(C)C)cc(C)c1S(=O)(=O)NCCNc1ncccc1C#N. The van der Waals surface area contributed by atoms with E-state index in [-0.39, 0.29) is 12.0 Å². The smallest absolute Gasteiger partial charge is 0.241 e. The molecule has 2 rings (SSSR count). The summed E-state index contributed by atoms with van der Waals surface area (Å²) in [7, 11) is -3.63. The third-order valence-electron chi connectivity index (χ3n) is 4.23. The Morgan fingerprint density at radius 2 is 1.78 bits per heavy atom. The molecule has 0 saturated heterocycles. The monoisotopic (exact) mass is 386 g/mol. The van der Waals surface area contributed by atoms with Gasteiger partial charge in [0, 0.05) is 19.3 Å². The average Bonchev–Trinajstić information content (AvgIpc) is 2.57. The molecule has 0 spiro atoms. The minimum atomic E-state index is -3.63. The first-order chi connectivity index (χ1) is 12.6. The molecule has 2 N–H and O–H groups in total. The predicted molar refractivity (Wildman–Crippen MR) is 107 cm³/mol. The maximum Gasteiger partial charge on any atom is 0.241 e. The molecule has 2 aromatic rings. The number of hydrogen-bond donors (Lipinski definition) is 2. The minimum Gasteiger partial charge on any atom is -0.368 e. The zero-order valence-corrected chi connectivity index (χ0v) is 17.2. The van der Waals surface area contributed by atoms with Crippen LogP contribution >= 0.6 is 0 Å². The van der Waals surface area contributed by atoms with Crippen LogP contribution in [0.15, 0.2) is 35.4 Å². The highest BCUT2D eigenvalue weighted by atomic mass is 32.2. The van der Waals surface area contributed by atoms with Crippen molar-refractivity contribution >= 4 is 15.8 Å². The van der Waals surface area contributed by atoms with Gasteiger partial charge in [0.2, 0.25) is 10.0 Å². The van der Waals surface area contributed by atoms with E-state index in [0.717, 1.165) is 16.7 Å². The number of aromatic nitrogens is 1. The summed E-state index contributed by atoms with van der Waals surface area (Å²) >= 11 is 0. The van der Waals surface area contributed by atoms with Gasteiger partial charge in [0.05, 0.1) is 10.5 Å². The summed E-state index contributed by atoms with van der Waals surface area (Å²) in [5, 5.41) is 12.0. The molecule has 6 nitrogen and oxygen atoms in total. The number of benzene rings is 1. The molecule has 0 unspecified atom stereocenters. The summed E-state index contributed by atoms with van der Waals surface area (Å²) < 4.78 is 28.1. The molecule has 0 radical (unpaired) electrons. The van der Waals surface area contributed by atoms with E-state index in [1.807, 2.05) is 32.0 Å². The fourth-order valence-corrected chi connectivity index (χ4v) is 4.36. The molecule has 0 atom stereocenters. The molecule has 0 aliphatic carbocycles. The first kappa shape index (κ1) is 20.9. The van der Waals surface area contributed by atoms with Gasteiger partial charge in [-0.2, -0.15) is 5.26 Å². The number of sulfonamides is 1. The van der Waals surface area contributed by atoms with Gasteiger partial charge in [-0.05, 0) is 48.1 Å². The number of hydrogen-bond acceptors (Lipinski definition) is 5. The van der Waals surface area contributed by atoms with Crippen molar-refractivity contribution in [2.24, 2.45) is 0 Å². The molecular weight excluding hydrogens is 360 g/mol. The third-order valence-corrected chi connectivity index (χ3v) is 6.00. The van der Waals surface area contributed by atoms with Crippen molar-refractivity contribution in [1.82, 2.24) is 9.71 Å². The molecule has 0 saturated carbocycles. The van der Waals surface area contributed by atoms with Gasteiger partial charge >= 0.3 is 0 Å². The van der Waals surface area contributed by atoms with Crippen molar-refractivity contribution in [1.29, 1.82) is 5.26 Å². The van der Waals surface area contributed by atoms with E-state index >= 15 is 0 Å². The van der Waals surface area contributed by atoms with Crippen LogP contribution in [0.5, 0.6) is 0 Å². The van der Waals surface area contributed by atoms with Crippen LogP contribution < -0.4 is 10.0 Å². The van der Waals surface area contributed by atoms with Crippen LogP contribution in [0.4, 0.5) is 5.82 Å². The van der Waals surface area contributed by atoms with Gasteiger partial charge in [-0.25, -0.2) is 18.1 Å². The second-order valence-corrected chi connectivity index (χ2v) is 9.23. The van der Waals surface area contributed by atoms with Crippen LogP contribution in [0.1, 0.15) is 43.0 Å². The molecular formula is C20H26N4O2S. The predicted octanol–water partition coefficient (Wildman–Crippen LogP) is 3.26. The van der Waals surface area contributed by atoms with Crippen LogP contribution in [-0.2, 0) is 15.4 Å². The Morgan fingerprint density at radius 1 is 1.15 bits per heavy atom. The molecule has 0 bridgehead atoms. The van der Waals surface area contributed by atoms with Crippen LogP contribution in [0, 0.1) is 25.2 Å². The number of pyridine rings is 1. The Morgan fingerprint density at radius 3 is 2.33 bits per heavy atom. The second-order valence-electron chi connectivity index (χ2n) is 7.53. The Labute approximate surface area is 161 Å². The van der Waals surface area contributed by atoms with E-state index < -0.39 is 10.0 Å². The molecule has 1 heterocycles. The summed E-state index contributed by atoms with van der Waals surface area (Å²) in [6.45, 7) is 10.5. The largest absolute Gasteiger partial charge is 0.368 e. The number of nitrogens with zero attached hydrogens (tertiary/aromatic N) is 2. The highest BCUT2D eigenvalue weighted by Gasteiger charge is 2.22. The Balaban J connectivity index is 2.10. The van der Waals surface area contributed by atoms with Gasteiger partial charge in [0.25, 0.3) is 0 Å². The van der Waals surface area contributed by atoms with E-state index in [1.54, 1.807) is 18.3 Å². The molecule has 0 aliphatic heterocycles. The molecule has 0 amide bonds. The van der Waals surface area contributed by atoms with Crippen LogP contribution in [0.25, 0.3) is 0 Å². The van der Waals surface area contributed by atoms with Crippen molar-refractivity contribution in [3.8, 4) is 6.07 Å². The fourth-order valence-electron chi connectivity index (χ4n) is 2.88. The lowest BCUT2D eigenvalue weighted by atomic mass is 9.85. The standard InChI is InChI=1S/C20H26N4O2S/c1-14-11-17(20(3,4)5)12-15(2)18(14)27(25,26)24-10-9-23-19-16(13-21)7-6-8-22-19/h6-8,11-12,24H,9-10H2,1-5H3,(H,22,23). The lowest BCUT2D eigenvalue weighted by Gasteiger charge is -2.22. The minimum absolute atomic E-state index is 0.0453. The maximum atomic E-state index is 12.8. The van der Waals surface area contributed by atoms with Crippen molar-refractivity contribution < 1.29 is 8.42 Å². The zero-order chi connectivity index (χ0) is 20.2. The lowest BCUT2D eigenvalue weighted by Crippen LogP contribution is -2.30. The first-order valence-electron chi connectivity index (χ1n) is 8.76. The molecule has 1 aromatic heterocycles. The Hall–Kier alpha value is -2.43. The van der Waals surface area contributed by atoms with E-state index in [9.17, 15) is 8.42 Å². The van der Waals surface area contributed by atoms with E-state index in [0.29, 0.717) is 22.8 Å². The van der Waals surface area contributed by atoms with E-state index in [2.05, 4.69) is 35.8 Å². The summed E-state index contributed by atoms with van der Waals surface area (Å²) in [4.78, 5) is 4.42. The lowest BCUT2D eigenvalue weighted by molar-refractivity contribution is 0.577. The zero-order valence-electron chi connectivity index (χ0n) is 16.4. The normalized spacial score (nSPS) is 11.9. The van der Waals surface area contributed by atoms with Gasteiger partial charge in [-0.1, -0.05) is 32.9 Å². The van der Waals surface area contributed by atoms with Crippen LogP contribution in [0.3, 0.4) is 0 Å². The topological polar surface area (TPSA) is 94.9 Å². The van der Waals surface area contributed by atoms with Gasteiger partial charge in [-0.15, -0.1) is 0 Å². The first-order valence-corrected chi connectivity index (χ1v) is 10.2. The number of nitriles is 1. The van der Waals surface area contributed by atoms with Gasteiger partial charge in [0.15, 0.2) is 0 Å². The maximum absolute atomic E-state index is 12.8. The summed E-state index contributed by atoms with van der Waals surface area (Å²) in [5.41, 5.74) is 2.95. The van der Waals surface area contributed by atoms with Gasteiger partial charge in [-0.3, -0.25) is 0 Å². The number of aryl methyl sites for hydroxylation is 2. The average molecular weight is 387 g/mol. The van der Waals surface area contributed by atoms with Crippen molar-refractivity contribution in [2.45, 2.75) is 44.9 Å². The highest BCUT2D eigenvalue weighted by Crippen LogP contribution is 2.29. The Kier molecular flexibility index (Phi) is 6.24. The molecule has 0 aliphatic rings. The summed E-state index contributed by atoms with van der Waals surface area (Å²) in [5.74, 6) is 0.445. The number of anilines is 1. The van der Waals surface area contributed by atoms with E-state index in [1.165, 1.54) is 0 Å². The molecule has 0 fully saturated rings. The second kappa shape index (κ2) is 8.07. The van der Waals surface area contributed by atoms with Crippen LogP contribution in [-0.4, -0.2) is 26.5 Å².